The van der Waals surface area contributed by atoms with Gasteiger partial charge in [-0.3, -0.25) is 9.59 Å². The fraction of sp³-hybridized carbons (Fsp3) is 0.467. The van der Waals surface area contributed by atoms with E-state index in [1.54, 1.807) is 13.8 Å². The van der Waals surface area contributed by atoms with Crippen LogP contribution in [0.3, 0.4) is 0 Å². The predicted octanol–water partition coefficient (Wildman–Crippen LogP) is 2.21. The Morgan fingerprint density at radius 3 is 2.48 bits per heavy atom. The second-order valence-corrected chi connectivity index (χ2v) is 5.05. The van der Waals surface area contributed by atoms with Crippen molar-refractivity contribution in [3.63, 3.8) is 0 Å². The van der Waals surface area contributed by atoms with Crippen molar-refractivity contribution in [2.45, 2.75) is 26.7 Å². The summed E-state index contributed by atoms with van der Waals surface area (Å²) >= 11 is 0. The Hall–Kier alpha value is -2.11. The normalized spacial score (nSPS) is 13.3. The first-order chi connectivity index (χ1) is 9.87. The number of aliphatic carboxylic acids is 1. The summed E-state index contributed by atoms with van der Waals surface area (Å²) in [6, 6.07) is 5.50. The Bertz CT molecular complexity index is 489. The molecule has 0 saturated carbocycles. The lowest BCUT2D eigenvalue weighted by atomic mass is 9.88. The van der Waals surface area contributed by atoms with E-state index in [1.165, 1.54) is 24.3 Å². The first-order valence-corrected chi connectivity index (χ1v) is 6.76. The summed E-state index contributed by atoms with van der Waals surface area (Å²) in [6.45, 7) is 3.57. The molecule has 1 aromatic rings. The summed E-state index contributed by atoms with van der Waals surface area (Å²) in [7, 11) is 0. The number of halogens is 1. The largest absolute Gasteiger partial charge is 0.493 e. The van der Waals surface area contributed by atoms with Crippen LogP contribution in [-0.4, -0.2) is 30.1 Å². The third-order valence-corrected chi connectivity index (χ3v) is 3.38. The zero-order valence-corrected chi connectivity index (χ0v) is 12.2. The second kappa shape index (κ2) is 7.61. The molecule has 0 aliphatic carbocycles. The molecule has 0 saturated heterocycles. The Kier molecular flexibility index (Phi) is 6.14. The van der Waals surface area contributed by atoms with E-state index in [1.807, 2.05) is 0 Å². The number of hydrogen-bond donors (Lipinski definition) is 2. The summed E-state index contributed by atoms with van der Waals surface area (Å²) in [5.74, 6) is -1.09. The fourth-order valence-electron chi connectivity index (χ4n) is 1.53. The monoisotopic (exact) mass is 297 g/mol. The molecule has 0 fully saturated rings. The maximum atomic E-state index is 12.7. The summed E-state index contributed by atoms with van der Waals surface area (Å²) < 4.78 is 18.0. The van der Waals surface area contributed by atoms with Gasteiger partial charge in [0.05, 0.1) is 18.4 Å². The molecule has 1 rings (SSSR count). The first-order valence-electron chi connectivity index (χ1n) is 6.76. The lowest BCUT2D eigenvalue weighted by Gasteiger charge is -2.23. The maximum absolute atomic E-state index is 12.7. The van der Waals surface area contributed by atoms with E-state index in [2.05, 4.69) is 5.32 Å². The molecule has 6 heteroatoms. The van der Waals surface area contributed by atoms with Crippen LogP contribution in [0.25, 0.3) is 0 Å². The lowest BCUT2D eigenvalue weighted by molar-refractivity contribution is -0.148. The van der Waals surface area contributed by atoms with Crippen molar-refractivity contribution in [3.8, 4) is 5.75 Å². The van der Waals surface area contributed by atoms with Gasteiger partial charge in [0.1, 0.15) is 11.6 Å². The van der Waals surface area contributed by atoms with Gasteiger partial charge in [-0.1, -0.05) is 6.92 Å². The van der Waals surface area contributed by atoms with Crippen LogP contribution in [0.15, 0.2) is 24.3 Å². The van der Waals surface area contributed by atoms with Gasteiger partial charge < -0.3 is 15.2 Å². The van der Waals surface area contributed by atoms with Gasteiger partial charge in [0.2, 0.25) is 5.91 Å². The van der Waals surface area contributed by atoms with Crippen LogP contribution in [0.4, 0.5) is 4.39 Å². The lowest BCUT2D eigenvalue weighted by Crippen LogP contribution is -2.40. The molecule has 0 bridgehead atoms. The highest BCUT2D eigenvalue weighted by atomic mass is 19.1. The standard InChI is InChI=1S/C15H20FNO4/c1-3-15(2,14(19)20)10-17-13(18)8-9-21-12-6-4-11(16)5-7-12/h4-7H,3,8-10H2,1-2H3,(H,17,18)(H,19,20). The Morgan fingerprint density at radius 2 is 1.95 bits per heavy atom. The van der Waals surface area contributed by atoms with Crippen molar-refractivity contribution in [1.29, 1.82) is 0 Å². The van der Waals surface area contributed by atoms with Crippen molar-refractivity contribution in [1.82, 2.24) is 5.32 Å². The average Bonchev–Trinajstić information content (AvgIpc) is 2.46. The molecule has 1 unspecified atom stereocenters. The van der Waals surface area contributed by atoms with E-state index in [0.717, 1.165) is 0 Å². The number of benzene rings is 1. The SMILES string of the molecule is CCC(C)(CNC(=O)CCOc1ccc(F)cc1)C(=O)O. The Balaban J connectivity index is 2.31. The minimum absolute atomic E-state index is 0.0776. The fourth-order valence-corrected chi connectivity index (χ4v) is 1.53. The van der Waals surface area contributed by atoms with Gasteiger partial charge in [0.15, 0.2) is 0 Å². The summed E-state index contributed by atoms with van der Waals surface area (Å²) in [5.41, 5.74) is -0.965. The molecule has 1 amide bonds. The molecule has 0 spiro atoms. The maximum Gasteiger partial charge on any atom is 0.311 e. The first kappa shape index (κ1) is 16.9. The number of amides is 1. The van der Waals surface area contributed by atoms with Gasteiger partial charge >= 0.3 is 5.97 Å². The molecule has 0 aliphatic heterocycles. The minimum Gasteiger partial charge on any atom is -0.493 e. The quantitative estimate of drug-likeness (QED) is 0.771. The molecular weight excluding hydrogens is 277 g/mol. The van der Waals surface area contributed by atoms with Crippen LogP contribution in [-0.2, 0) is 9.59 Å². The minimum atomic E-state index is -0.965. The number of nitrogens with one attached hydrogen (secondary N) is 1. The van der Waals surface area contributed by atoms with Crippen LogP contribution in [0.1, 0.15) is 26.7 Å². The predicted molar refractivity (Wildman–Crippen MR) is 75.6 cm³/mol. The van der Waals surface area contributed by atoms with E-state index in [0.29, 0.717) is 12.2 Å². The molecule has 21 heavy (non-hydrogen) atoms. The van der Waals surface area contributed by atoms with E-state index in [-0.39, 0.29) is 31.3 Å². The van der Waals surface area contributed by atoms with E-state index >= 15 is 0 Å². The highest BCUT2D eigenvalue weighted by Gasteiger charge is 2.31. The highest BCUT2D eigenvalue weighted by molar-refractivity contribution is 5.78. The molecule has 0 aromatic heterocycles. The van der Waals surface area contributed by atoms with Gasteiger partial charge in [-0.2, -0.15) is 0 Å². The van der Waals surface area contributed by atoms with Gasteiger partial charge in [-0.15, -0.1) is 0 Å². The zero-order chi connectivity index (χ0) is 15.9. The van der Waals surface area contributed by atoms with Crippen molar-refractivity contribution in [3.05, 3.63) is 30.1 Å². The zero-order valence-electron chi connectivity index (χ0n) is 12.2. The number of carbonyl (C=O) groups excluding carboxylic acids is 1. The van der Waals surface area contributed by atoms with Crippen LogP contribution in [0.5, 0.6) is 5.75 Å². The highest BCUT2D eigenvalue weighted by Crippen LogP contribution is 2.19. The molecule has 1 aromatic carbocycles. The van der Waals surface area contributed by atoms with E-state index in [9.17, 15) is 14.0 Å². The number of hydrogen-bond acceptors (Lipinski definition) is 3. The second-order valence-electron chi connectivity index (χ2n) is 5.05. The molecular formula is C15H20FNO4. The summed E-state index contributed by atoms with van der Waals surface area (Å²) in [4.78, 5) is 22.7. The Morgan fingerprint density at radius 1 is 1.33 bits per heavy atom. The van der Waals surface area contributed by atoms with Crippen LogP contribution in [0, 0.1) is 11.2 Å². The molecule has 5 nitrogen and oxygen atoms in total. The molecule has 1 atom stereocenters. The molecule has 0 radical (unpaired) electrons. The summed E-state index contributed by atoms with van der Waals surface area (Å²) in [6.07, 6.45) is 0.533. The third-order valence-electron chi connectivity index (χ3n) is 3.38. The van der Waals surface area contributed by atoms with E-state index in [4.69, 9.17) is 9.84 Å². The number of carboxylic acids is 1. The third kappa shape index (κ3) is 5.41. The van der Waals surface area contributed by atoms with Crippen molar-refractivity contribution in [2.75, 3.05) is 13.2 Å². The van der Waals surface area contributed by atoms with Gasteiger partial charge in [-0.05, 0) is 37.6 Å². The van der Waals surface area contributed by atoms with Gasteiger partial charge in [0.25, 0.3) is 0 Å². The average molecular weight is 297 g/mol. The summed E-state index contributed by atoms with van der Waals surface area (Å²) in [5, 5.41) is 11.7. The molecule has 0 heterocycles. The van der Waals surface area contributed by atoms with E-state index < -0.39 is 11.4 Å². The van der Waals surface area contributed by atoms with Crippen LogP contribution in [0.2, 0.25) is 0 Å². The van der Waals surface area contributed by atoms with Gasteiger partial charge in [0, 0.05) is 6.54 Å². The topological polar surface area (TPSA) is 75.6 Å². The molecule has 2 N–H and O–H groups in total. The van der Waals surface area contributed by atoms with Gasteiger partial charge in [-0.25, -0.2) is 4.39 Å². The molecule has 116 valence electrons. The number of carbonyl (C=O) groups is 2. The number of ether oxygens (including phenoxy) is 1. The van der Waals surface area contributed by atoms with Crippen LogP contribution >= 0.6 is 0 Å². The Labute approximate surface area is 123 Å². The molecule has 0 aliphatic rings. The van der Waals surface area contributed by atoms with Crippen molar-refractivity contribution in [2.24, 2.45) is 5.41 Å². The number of carboxylic acid groups (broad SMARTS) is 1. The smallest absolute Gasteiger partial charge is 0.311 e. The number of rotatable bonds is 8. The van der Waals surface area contributed by atoms with Crippen molar-refractivity contribution >= 4 is 11.9 Å². The van der Waals surface area contributed by atoms with Crippen LogP contribution < -0.4 is 10.1 Å². The van der Waals surface area contributed by atoms with Crippen molar-refractivity contribution < 1.29 is 23.8 Å².